The maximum absolute atomic E-state index is 13.4. The number of ketones is 2. The van der Waals surface area contributed by atoms with Gasteiger partial charge in [0.25, 0.3) is 0 Å². The topological polar surface area (TPSA) is 108 Å². The van der Waals surface area contributed by atoms with E-state index in [4.69, 9.17) is 14.2 Å². The zero-order chi connectivity index (χ0) is 24.6. The number of hydrogen-bond donors (Lipinski definition) is 1. The molecule has 9 atom stereocenters. The predicted octanol–water partition coefficient (Wildman–Crippen LogP) is 3.47. The number of alkyl carbamates (subject to hydrolysis) is 1. The number of fused-ring (bicyclic) bond motifs is 1. The minimum Gasteiger partial charge on any atom is -0.458 e. The average Bonchev–Trinajstić information content (AvgIpc) is 3.07. The molecule has 0 aliphatic carbocycles. The first kappa shape index (κ1) is 27.0. The summed E-state index contributed by atoms with van der Waals surface area (Å²) in [4.78, 5) is 51.8. The lowest BCUT2D eigenvalue weighted by molar-refractivity contribution is -0.170. The van der Waals surface area contributed by atoms with Gasteiger partial charge in [-0.2, -0.15) is 0 Å². The standard InChI is InChI=1S/C23H36INO7/c1-9-15-23(7)19(25-21(29)32-23)12(3)17(26)11(2)10-22(6,30-8)14(5)16(24)18(27)13(4)20(28)31-15/h11-16,19H,9-10H2,1-8H3,(H,25,29)/t11-,12+,13-,14-,15-,16-,19-,22-,23-/m1/s1. The van der Waals surface area contributed by atoms with Crippen molar-refractivity contribution in [1.82, 2.24) is 5.32 Å². The van der Waals surface area contributed by atoms with Crippen molar-refractivity contribution >= 4 is 46.2 Å². The zero-order valence-corrected chi connectivity index (χ0v) is 22.3. The quantitative estimate of drug-likeness (QED) is 0.237. The van der Waals surface area contributed by atoms with Crippen LogP contribution in [0.4, 0.5) is 4.79 Å². The lowest BCUT2D eigenvalue weighted by atomic mass is 9.73. The fourth-order valence-electron chi connectivity index (χ4n) is 4.99. The number of esters is 1. The predicted molar refractivity (Wildman–Crippen MR) is 126 cm³/mol. The average molecular weight is 565 g/mol. The Hall–Kier alpha value is -1.23. The Balaban J connectivity index is 2.57. The maximum atomic E-state index is 13.4. The Morgan fingerprint density at radius 3 is 2.22 bits per heavy atom. The second-order valence-electron chi connectivity index (χ2n) is 9.66. The molecule has 2 fully saturated rings. The Kier molecular flexibility index (Phi) is 8.40. The molecule has 2 saturated heterocycles. The fourth-order valence-corrected chi connectivity index (χ4v) is 6.29. The van der Waals surface area contributed by atoms with Crippen LogP contribution in [0.1, 0.15) is 61.3 Å². The minimum atomic E-state index is -1.25. The molecule has 0 aromatic rings. The van der Waals surface area contributed by atoms with Gasteiger partial charge >= 0.3 is 12.1 Å². The van der Waals surface area contributed by atoms with Gasteiger partial charge in [0, 0.05) is 24.9 Å². The third-order valence-corrected chi connectivity index (χ3v) is 9.23. The van der Waals surface area contributed by atoms with Gasteiger partial charge in [-0.3, -0.25) is 14.4 Å². The summed E-state index contributed by atoms with van der Waals surface area (Å²) in [5.74, 6) is -3.18. The number of methoxy groups -OCH3 is 1. The van der Waals surface area contributed by atoms with E-state index in [9.17, 15) is 19.2 Å². The number of amides is 1. The van der Waals surface area contributed by atoms with Crippen molar-refractivity contribution in [2.45, 2.75) is 88.6 Å². The molecule has 2 aliphatic heterocycles. The van der Waals surface area contributed by atoms with Crippen LogP contribution in [0.5, 0.6) is 0 Å². The van der Waals surface area contributed by atoms with Crippen molar-refractivity contribution in [1.29, 1.82) is 0 Å². The highest BCUT2D eigenvalue weighted by molar-refractivity contribution is 14.1. The molecule has 2 heterocycles. The normalized spacial score (nSPS) is 44.2. The summed E-state index contributed by atoms with van der Waals surface area (Å²) < 4.78 is 16.6. The molecule has 0 spiro atoms. The summed E-state index contributed by atoms with van der Waals surface area (Å²) in [7, 11) is 1.57. The van der Waals surface area contributed by atoms with E-state index in [0.717, 1.165) is 0 Å². The molecule has 0 radical (unpaired) electrons. The first-order chi connectivity index (χ1) is 14.7. The lowest BCUT2D eigenvalue weighted by Crippen LogP contribution is -2.57. The zero-order valence-electron chi connectivity index (χ0n) is 20.2. The second-order valence-corrected chi connectivity index (χ2v) is 11.0. The molecule has 1 amide bonds. The number of ether oxygens (including phenoxy) is 3. The summed E-state index contributed by atoms with van der Waals surface area (Å²) in [6.07, 6.45) is -0.710. The largest absolute Gasteiger partial charge is 0.458 e. The van der Waals surface area contributed by atoms with Gasteiger partial charge in [-0.1, -0.05) is 50.3 Å². The maximum Gasteiger partial charge on any atom is 0.408 e. The van der Waals surface area contributed by atoms with Crippen LogP contribution < -0.4 is 5.32 Å². The van der Waals surface area contributed by atoms with Crippen LogP contribution in [0, 0.1) is 23.7 Å². The summed E-state index contributed by atoms with van der Waals surface area (Å²) in [6.45, 7) is 12.4. The van der Waals surface area contributed by atoms with E-state index in [1.807, 2.05) is 27.7 Å². The van der Waals surface area contributed by atoms with Crippen LogP contribution in [-0.4, -0.2) is 58.0 Å². The van der Waals surface area contributed by atoms with Crippen molar-refractivity contribution in [2.75, 3.05) is 7.11 Å². The van der Waals surface area contributed by atoms with E-state index in [1.54, 1.807) is 27.9 Å². The molecule has 0 bridgehead atoms. The number of Topliss-reactive ketones (excluding diaryl/α,β-unsaturated/α-hetero) is 2. The molecular weight excluding hydrogens is 529 g/mol. The van der Waals surface area contributed by atoms with Crippen LogP contribution in [0.15, 0.2) is 0 Å². The Bertz CT molecular complexity index is 773. The van der Waals surface area contributed by atoms with Gasteiger partial charge in [0.15, 0.2) is 11.4 Å². The van der Waals surface area contributed by atoms with E-state index >= 15 is 0 Å². The van der Waals surface area contributed by atoms with Gasteiger partial charge in [0.05, 0.1) is 15.6 Å². The van der Waals surface area contributed by atoms with Crippen molar-refractivity contribution in [3.8, 4) is 0 Å². The van der Waals surface area contributed by atoms with E-state index < -0.39 is 51.2 Å². The van der Waals surface area contributed by atoms with Gasteiger partial charge in [-0.15, -0.1) is 0 Å². The Morgan fingerprint density at radius 2 is 1.69 bits per heavy atom. The molecule has 2 rings (SSSR count). The third-order valence-electron chi connectivity index (χ3n) is 7.54. The van der Waals surface area contributed by atoms with Crippen LogP contribution >= 0.6 is 22.6 Å². The molecule has 1 N–H and O–H groups in total. The number of carbonyl (C=O) groups is 4. The lowest BCUT2D eigenvalue weighted by Gasteiger charge is -2.41. The van der Waals surface area contributed by atoms with Gasteiger partial charge < -0.3 is 19.5 Å². The molecule has 0 unspecified atom stereocenters. The molecular formula is C23H36INO7. The first-order valence-electron chi connectivity index (χ1n) is 11.2. The van der Waals surface area contributed by atoms with Gasteiger partial charge in [0.1, 0.15) is 17.8 Å². The van der Waals surface area contributed by atoms with Crippen LogP contribution in [0.3, 0.4) is 0 Å². The summed E-state index contributed by atoms with van der Waals surface area (Å²) in [5.41, 5.74) is -2.01. The van der Waals surface area contributed by atoms with E-state index in [1.165, 1.54) is 0 Å². The molecule has 32 heavy (non-hydrogen) atoms. The van der Waals surface area contributed by atoms with Crippen LogP contribution in [0.25, 0.3) is 0 Å². The number of halogens is 1. The summed E-state index contributed by atoms with van der Waals surface area (Å²) in [5, 5.41) is 2.75. The summed E-state index contributed by atoms with van der Waals surface area (Å²) in [6, 6.07) is -0.680. The molecule has 9 heteroatoms. The molecule has 0 saturated carbocycles. The van der Waals surface area contributed by atoms with Crippen molar-refractivity contribution < 1.29 is 33.4 Å². The molecule has 2 aliphatic rings. The van der Waals surface area contributed by atoms with Gasteiger partial charge in [-0.05, 0) is 33.6 Å². The number of nitrogens with one attached hydrogen (secondary N) is 1. The SMILES string of the molecule is CC[C@H]1OC(=O)[C@H](C)C(=O)[C@H](I)[C@@H](C)[C@](C)(OC)C[C@@H](C)C(=O)[C@H](C)[C@H]2NC(=O)O[C@@]21C. The number of hydrogen-bond acceptors (Lipinski definition) is 7. The van der Waals surface area contributed by atoms with E-state index in [0.29, 0.717) is 12.8 Å². The smallest absolute Gasteiger partial charge is 0.408 e. The summed E-state index contributed by atoms with van der Waals surface area (Å²) >= 11 is 2.05. The van der Waals surface area contributed by atoms with E-state index in [-0.39, 0.29) is 23.4 Å². The van der Waals surface area contributed by atoms with Crippen LogP contribution in [0.2, 0.25) is 0 Å². The minimum absolute atomic E-state index is 0.0505. The highest BCUT2D eigenvalue weighted by atomic mass is 127. The number of carbonyl (C=O) groups excluding carboxylic acids is 4. The molecule has 182 valence electrons. The molecule has 0 aromatic heterocycles. The number of alkyl halides is 1. The third kappa shape index (κ3) is 4.83. The fraction of sp³-hybridized carbons (Fsp3) is 0.826. The monoisotopic (exact) mass is 565 g/mol. The highest BCUT2D eigenvalue weighted by Crippen LogP contribution is 2.39. The number of cyclic esters (lactones) is 1. The van der Waals surface area contributed by atoms with E-state index in [2.05, 4.69) is 27.9 Å². The Morgan fingerprint density at radius 1 is 1.09 bits per heavy atom. The van der Waals surface area contributed by atoms with Gasteiger partial charge in [-0.25, -0.2) is 4.79 Å². The van der Waals surface area contributed by atoms with Gasteiger partial charge in [0.2, 0.25) is 0 Å². The second kappa shape index (κ2) is 9.95. The Labute approximate surface area is 204 Å². The molecule has 0 aromatic carbocycles. The number of rotatable bonds is 2. The van der Waals surface area contributed by atoms with Crippen molar-refractivity contribution in [2.24, 2.45) is 23.7 Å². The highest BCUT2D eigenvalue weighted by Gasteiger charge is 2.56. The van der Waals surface area contributed by atoms with Crippen molar-refractivity contribution in [3.63, 3.8) is 0 Å². The first-order valence-corrected chi connectivity index (χ1v) is 12.4. The van der Waals surface area contributed by atoms with Crippen molar-refractivity contribution in [3.05, 3.63) is 0 Å². The van der Waals surface area contributed by atoms with Crippen LogP contribution in [-0.2, 0) is 28.6 Å². The molecule has 8 nitrogen and oxygen atoms in total.